The van der Waals surface area contributed by atoms with Gasteiger partial charge in [-0.1, -0.05) is 32.1 Å². The fraction of sp³-hybridized carbons (Fsp3) is 0.846. The summed E-state index contributed by atoms with van der Waals surface area (Å²) in [5.41, 5.74) is 2.93. The zero-order chi connectivity index (χ0) is 11.2. The smallest absolute Gasteiger partial charge is 0.110 e. The molecule has 0 spiro atoms. The summed E-state index contributed by atoms with van der Waals surface area (Å²) >= 11 is 0. The van der Waals surface area contributed by atoms with Gasteiger partial charge in [0, 0.05) is 0 Å². The lowest BCUT2D eigenvalue weighted by molar-refractivity contribution is 0.155. The number of hydrogen-bond acceptors (Lipinski definition) is 3. The molecule has 3 heteroatoms. The maximum absolute atomic E-state index is 5.69. The fourth-order valence-electron chi connectivity index (χ4n) is 2.84. The molecule has 0 amide bonds. The van der Waals surface area contributed by atoms with Crippen molar-refractivity contribution in [2.24, 2.45) is 11.8 Å². The number of allylic oxidation sites excluding steroid dienone is 1. The molecule has 2 aliphatic rings. The largest absolute Gasteiger partial charge is 0.497 e. The van der Waals surface area contributed by atoms with Gasteiger partial charge in [0.1, 0.15) is 5.76 Å². The van der Waals surface area contributed by atoms with Gasteiger partial charge in [-0.2, -0.15) is 0 Å². The van der Waals surface area contributed by atoms with Crippen molar-refractivity contribution in [1.29, 1.82) is 0 Å². The van der Waals surface area contributed by atoms with Gasteiger partial charge in [0.2, 0.25) is 0 Å². The van der Waals surface area contributed by atoms with E-state index in [2.05, 4.69) is 11.5 Å². The van der Waals surface area contributed by atoms with Gasteiger partial charge in [0.15, 0.2) is 0 Å². The topological polar surface area (TPSA) is 47.3 Å². The van der Waals surface area contributed by atoms with Crippen molar-refractivity contribution in [2.45, 2.75) is 57.4 Å². The lowest BCUT2D eigenvalue weighted by Crippen LogP contribution is -2.39. The van der Waals surface area contributed by atoms with E-state index < -0.39 is 0 Å². The van der Waals surface area contributed by atoms with Crippen molar-refractivity contribution >= 4 is 0 Å². The number of hydrogen-bond donors (Lipinski definition) is 2. The van der Waals surface area contributed by atoms with Crippen molar-refractivity contribution in [3.63, 3.8) is 0 Å². The van der Waals surface area contributed by atoms with Crippen molar-refractivity contribution < 1.29 is 4.74 Å². The van der Waals surface area contributed by atoms with Crippen LogP contribution < -0.4 is 11.3 Å². The monoisotopic (exact) mass is 224 g/mol. The van der Waals surface area contributed by atoms with Crippen LogP contribution in [-0.2, 0) is 4.74 Å². The van der Waals surface area contributed by atoms with Gasteiger partial charge in [-0.25, -0.2) is 5.43 Å². The zero-order valence-electron chi connectivity index (χ0n) is 10.1. The second-order valence-electron chi connectivity index (χ2n) is 5.06. The Hall–Kier alpha value is -0.540. The van der Waals surface area contributed by atoms with Crippen LogP contribution in [0.5, 0.6) is 0 Å². The quantitative estimate of drug-likeness (QED) is 0.569. The molecule has 1 atom stereocenters. The Morgan fingerprint density at radius 2 is 2.12 bits per heavy atom. The highest BCUT2D eigenvalue weighted by Crippen LogP contribution is 2.29. The number of ether oxygens (including phenoxy) is 1. The van der Waals surface area contributed by atoms with Gasteiger partial charge in [0.25, 0.3) is 0 Å². The number of rotatable bonds is 4. The highest BCUT2D eigenvalue weighted by Gasteiger charge is 2.22. The molecule has 0 bridgehead atoms. The Morgan fingerprint density at radius 1 is 1.31 bits per heavy atom. The number of nitrogens with one attached hydrogen (secondary N) is 1. The van der Waals surface area contributed by atoms with E-state index in [0.29, 0.717) is 0 Å². The first-order valence-electron chi connectivity index (χ1n) is 6.69. The Kier molecular flexibility index (Phi) is 4.67. The van der Waals surface area contributed by atoms with Crippen LogP contribution in [0.4, 0.5) is 0 Å². The standard InChI is InChI=1S/C13H24N2O/c14-15-12(13-8-4-5-9-16-13)10-11-6-2-1-3-7-11/h8,11-12,15H,1-7,9-10,14H2. The lowest BCUT2D eigenvalue weighted by atomic mass is 9.84. The molecular formula is C13H24N2O. The van der Waals surface area contributed by atoms with E-state index in [1.807, 2.05) is 0 Å². The van der Waals surface area contributed by atoms with Crippen molar-refractivity contribution in [2.75, 3.05) is 6.61 Å². The summed E-state index contributed by atoms with van der Waals surface area (Å²) in [6.07, 6.45) is 12.6. The van der Waals surface area contributed by atoms with Crippen LogP contribution in [-0.4, -0.2) is 12.6 Å². The third-order valence-electron chi connectivity index (χ3n) is 3.80. The summed E-state index contributed by atoms with van der Waals surface area (Å²) in [5, 5.41) is 0. The molecule has 3 nitrogen and oxygen atoms in total. The van der Waals surface area contributed by atoms with Gasteiger partial charge in [-0.15, -0.1) is 0 Å². The fourth-order valence-corrected chi connectivity index (χ4v) is 2.84. The third kappa shape index (κ3) is 3.22. The molecule has 92 valence electrons. The van der Waals surface area contributed by atoms with Crippen LogP contribution in [0.15, 0.2) is 11.8 Å². The van der Waals surface area contributed by atoms with E-state index in [0.717, 1.165) is 37.5 Å². The Morgan fingerprint density at radius 3 is 2.75 bits per heavy atom. The predicted molar refractivity (Wildman–Crippen MR) is 65.6 cm³/mol. The average Bonchev–Trinajstić information content (AvgIpc) is 2.38. The summed E-state index contributed by atoms with van der Waals surface area (Å²) in [6.45, 7) is 0.856. The van der Waals surface area contributed by atoms with E-state index in [-0.39, 0.29) is 6.04 Å². The van der Waals surface area contributed by atoms with Crippen LogP contribution in [0.2, 0.25) is 0 Å². The minimum Gasteiger partial charge on any atom is -0.497 e. The van der Waals surface area contributed by atoms with Crippen molar-refractivity contribution in [3.8, 4) is 0 Å². The minimum absolute atomic E-state index is 0.239. The van der Waals surface area contributed by atoms with Crippen molar-refractivity contribution in [3.05, 3.63) is 11.8 Å². The molecule has 16 heavy (non-hydrogen) atoms. The molecule has 0 aromatic rings. The molecule has 1 unspecified atom stereocenters. The summed E-state index contributed by atoms with van der Waals surface area (Å²) in [6, 6.07) is 0.239. The maximum Gasteiger partial charge on any atom is 0.110 e. The van der Waals surface area contributed by atoms with E-state index in [1.165, 1.54) is 32.1 Å². The van der Waals surface area contributed by atoms with Crippen LogP contribution in [0.3, 0.4) is 0 Å². The second kappa shape index (κ2) is 6.26. The number of nitrogens with two attached hydrogens (primary N) is 1. The molecule has 1 fully saturated rings. The lowest BCUT2D eigenvalue weighted by Gasteiger charge is -2.28. The molecule has 1 saturated carbocycles. The minimum atomic E-state index is 0.239. The zero-order valence-corrected chi connectivity index (χ0v) is 10.1. The summed E-state index contributed by atoms with van der Waals surface area (Å²) in [7, 11) is 0. The Bertz CT molecular complexity index is 234. The van der Waals surface area contributed by atoms with Gasteiger partial charge < -0.3 is 4.74 Å². The van der Waals surface area contributed by atoms with E-state index in [1.54, 1.807) is 0 Å². The van der Waals surface area contributed by atoms with Gasteiger partial charge in [-0.05, 0) is 31.3 Å². The molecular weight excluding hydrogens is 200 g/mol. The average molecular weight is 224 g/mol. The van der Waals surface area contributed by atoms with Crippen LogP contribution >= 0.6 is 0 Å². The van der Waals surface area contributed by atoms with Crippen LogP contribution in [0, 0.1) is 5.92 Å². The Balaban J connectivity index is 1.86. The van der Waals surface area contributed by atoms with Gasteiger partial charge in [-0.3, -0.25) is 5.84 Å². The molecule has 1 heterocycles. The molecule has 0 aromatic heterocycles. The van der Waals surface area contributed by atoms with Gasteiger partial charge >= 0.3 is 0 Å². The molecule has 1 aliphatic carbocycles. The number of hydrazine groups is 1. The molecule has 2 rings (SSSR count). The summed E-state index contributed by atoms with van der Waals surface area (Å²) < 4.78 is 5.69. The summed E-state index contributed by atoms with van der Waals surface area (Å²) in [5.74, 6) is 7.57. The van der Waals surface area contributed by atoms with E-state index >= 15 is 0 Å². The first kappa shape index (κ1) is 11.9. The molecule has 0 saturated heterocycles. The highest BCUT2D eigenvalue weighted by atomic mass is 16.5. The summed E-state index contributed by atoms with van der Waals surface area (Å²) in [4.78, 5) is 0. The van der Waals surface area contributed by atoms with Crippen LogP contribution in [0.25, 0.3) is 0 Å². The third-order valence-corrected chi connectivity index (χ3v) is 3.80. The highest BCUT2D eigenvalue weighted by molar-refractivity contribution is 5.05. The maximum atomic E-state index is 5.69. The first-order chi connectivity index (χ1) is 7.90. The predicted octanol–water partition coefficient (Wildman–Crippen LogP) is 2.48. The second-order valence-corrected chi connectivity index (χ2v) is 5.06. The van der Waals surface area contributed by atoms with Gasteiger partial charge in [0.05, 0.1) is 12.6 Å². The normalized spacial score (nSPS) is 24.7. The SMILES string of the molecule is NNC(CC1CCCCC1)C1=CCCCO1. The van der Waals surface area contributed by atoms with Crippen molar-refractivity contribution in [1.82, 2.24) is 5.43 Å². The molecule has 3 N–H and O–H groups in total. The molecule has 1 aliphatic heterocycles. The molecule has 0 aromatic carbocycles. The Labute approximate surface area is 98.4 Å². The first-order valence-corrected chi connectivity index (χ1v) is 6.69. The van der Waals surface area contributed by atoms with E-state index in [9.17, 15) is 0 Å². The van der Waals surface area contributed by atoms with E-state index in [4.69, 9.17) is 10.6 Å². The molecule has 0 radical (unpaired) electrons. The van der Waals surface area contributed by atoms with Crippen LogP contribution in [0.1, 0.15) is 51.4 Å².